The number of aliphatic hydroxyl groups excluding tert-OH is 1. The van der Waals surface area contributed by atoms with E-state index in [2.05, 4.69) is 5.32 Å². The van der Waals surface area contributed by atoms with Gasteiger partial charge in [0.15, 0.2) is 0 Å². The number of nitrogens with one attached hydrogen (secondary N) is 1. The van der Waals surface area contributed by atoms with E-state index in [4.69, 9.17) is 5.11 Å². The number of amides is 2. The molecule has 0 saturated heterocycles. The van der Waals surface area contributed by atoms with Crippen molar-refractivity contribution in [2.45, 2.75) is 13.8 Å². The molecule has 20 heavy (non-hydrogen) atoms. The molecule has 106 valence electrons. The Hall–Kier alpha value is -2.34. The van der Waals surface area contributed by atoms with Crippen LogP contribution in [0.25, 0.3) is 0 Å². The Kier molecular flexibility index (Phi) is 3.76. The normalized spacial score (nSPS) is 14.8. The Balaban J connectivity index is 2.24. The first-order chi connectivity index (χ1) is 9.45. The molecule has 6 heteroatoms. The summed E-state index contributed by atoms with van der Waals surface area (Å²) in [6.07, 6.45) is 1.21. The van der Waals surface area contributed by atoms with Crippen LogP contribution in [0.3, 0.4) is 0 Å². The first kappa shape index (κ1) is 14.1. The Labute approximate surface area is 116 Å². The van der Waals surface area contributed by atoms with Crippen LogP contribution in [0.2, 0.25) is 0 Å². The number of hydrogen-bond acceptors (Lipinski definition) is 5. The molecular formula is C14H16N2O4. The molecule has 1 heterocycles. The molecule has 0 spiro atoms. The van der Waals surface area contributed by atoms with Gasteiger partial charge in [0.2, 0.25) is 0 Å². The summed E-state index contributed by atoms with van der Waals surface area (Å²) in [4.78, 5) is 24.6. The maximum Gasteiger partial charge on any atom is 0.277 e. The minimum Gasteiger partial charge on any atom is -0.508 e. The average Bonchev–Trinajstić information content (AvgIpc) is 2.67. The molecule has 0 aromatic heterocycles. The number of phenolic OH excluding ortho intramolecular Hbond substituents is 1. The number of nitrogens with zero attached hydrogens (tertiary/aromatic N) is 1. The van der Waals surface area contributed by atoms with Crippen LogP contribution in [-0.2, 0) is 9.59 Å². The summed E-state index contributed by atoms with van der Waals surface area (Å²) < 4.78 is 0. The highest BCUT2D eigenvalue weighted by atomic mass is 16.3. The van der Waals surface area contributed by atoms with E-state index in [1.807, 2.05) is 6.92 Å². The summed E-state index contributed by atoms with van der Waals surface area (Å²) in [5, 5.41) is 21.3. The van der Waals surface area contributed by atoms with Crippen LogP contribution in [0.1, 0.15) is 11.1 Å². The second-order valence-electron chi connectivity index (χ2n) is 4.58. The molecule has 0 radical (unpaired) electrons. The van der Waals surface area contributed by atoms with Gasteiger partial charge in [-0.2, -0.15) is 0 Å². The van der Waals surface area contributed by atoms with Crippen molar-refractivity contribution >= 4 is 17.5 Å². The van der Waals surface area contributed by atoms with Gasteiger partial charge in [-0.25, -0.2) is 0 Å². The van der Waals surface area contributed by atoms with Crippen molar-refractivity contribution in [3.63, 3.8) is 0 Å². The number of aliphatic hydroxyl groups is 1. The zero-order chi connectivity index (χ0) is 14.9. The van der Waals surface area contributed by atoms with E-state index in [0.29, 0.717) is 11.3 Å². The zero-order valence-corrected chi connectivity index (χ0v) is 11.3. The van der Waals surface area contributed by atoms with Crippen LogP contribution >= 0.6 is 0 Å². The summed E-state index contributed by atoms with van der Waals surface area (Å²) in [6.45, 7) is 3.29. The van der Waals surface area contributed by atoms with Crippen molar-refractivity contribution in [3.05, 3.63) is 35.0 Å². The Morgan fingerprint density at radius 2 is 1.90 bits per heavy atom. The van der Waals surface area contributed by atoms with E-state index in [1.165, 1.54) is 12.1 Å². The van der Waals surface area contributed by atoms with Gasteiger partial charge >= 0.3 is 0 Å². The minimum atomic E-state index is -0.464. The lowest BCUT2D eigenvalue weighted by Gasteiger charge is -2.15. The highest BCUT2D eigenvalue weighted by Crippen LogP contribution is 2.28. The second kappa shape index (κ2) is 5.34. The van der Waals surface area contributed by atoms with Crippen molar-refractivity contribution < 1.29 is 19.8 Å². The van der Waals surface area contributed by atoms with Gasteiger partial charge in [0.05, 0.1) is 13.2 Å². The maximum atomic E-state index is 12.0. The van der Waals surface area contributed by atoms with Crippen molar-refractivity contribution in [1.29, 1.82) is 0 Å². The number of anilines is 1. The van der Waals surface area contributed by atoms with Crippen molar-refractivity contribution in [2.75, 3.05) is 18.5 Å². The highest BCUT2D eigenvalue weighted by Gasteiger charge is 2.30. The summed E-state index contributed by atoms with van der Waals surface area (Å²) >= 11 is 0. The summed E-state index contributed by atoms with van der Waals surface area (Å²) in [5.74, 6) is -0.730. The third-order valence-electron chi connectivity index (χ3n) is 3.36. The van der Waals surface area contributed by atoms with Crippen LogP contribution in [0.15, 0.2) is 23.9 Å². The van der Waals surface area contributed by atoms with Crippen LogP contribution < -0.4 is 5.32 Å². The zero-order valence-electron chi connectivity index (χ0n) is 11.3. The molecule has 0 aliphatic carbocycles. The number of benzene rings is 1. The lowest BCUT2D eigenvalue weighted by atomic mass is 10.1. The molecule has 6 nitrogen and oxygen atoms in total. The van der Waals surface area contributed by atoms with Gasteiger partial charge in [0, 0.05) is 11.8 Å². The van der Waals surface area contributed by atoms with Gasteiger partial charge in [-0.3, -0.25) is 14.5 Å². The van der Waals surface area contributed by atoms with Gasteiger partial charge in [-0.05, 0) is 37.1 Å². The molecule has 2 rings (SSSR count). The number of aromatic hydroxyl groups is 1. The Morgan fingerprint density at radius 3 is 2.55 bits per heavy atom. The molecule has 0 fully saturated rings. The molecular weight excluding hydrogens is 260 g/mol. The smallest absolute Gasteiger partial charge is 0.277 e. The number of imide groups is 1. The highest BCUT2D eigenvalue weighted by molar-refractivity contribution is 6.17. The van der Waals surface area contributed by atoms with E-state index in [0.717, 1.165) is 10.5 Å². The largest absolute Gasteiger partial charge is 0.508 e. The monoisotopic (exact) mass is 276 g/mol. The van der Waals surface area contributed by atoms with Gasteiger partial charge in [-0.1, -0.05) is 0 Å². The summed E-state index contributed by atoms with van der Waals surface area (Å²) in [6, 6.07) is 3.17. The van der Waals surface area contributed by atoms with Crippen LogP contribution in [0.5, 0.6) is 5.75 Å². The molecule has 0 unspecified atom stereocenters. The summed E-state index contributed by atoms with van der Waals surface area (Å²) in [7, 11) is 0. The van der Waals surface area contributed by atoms with Gasteiger partial charge in [-0.15, -0.1) is 0 Å². The van der Waals surface area contributed by atoms with Crippen molar-refractivity contribution in [2.24, 2.45) is 0 Å². The van der Waals surface area contributed by atoms with E-state index in [9.17, 15) is 14.7 Å². The Morgan fingerprint density at radius 1 is 1.20 bits per heavy atom. The summed E-state index contributed by atoms with van der Waals surface area (Å²) in [5.41, 5.74) is 2.32. The van der Waals surface area contributed by atoms with Crippen molar-refractivity contribution in [1.82, 2.24) is 4.90 Å². The third-order valence-corrected chi connectivity index (χ3v) is 3.36. The fraction of sp³-hybridized carbons (Fsp3) is 0.286. The molecule has 0 bridgehead atoms. The Bertz CT molecular complexity index is 607. The van der Waals surface area contributed by atoms with Crippen LogP contribution in [0.4, 0.5) is 5.69 Å². The fourth-order valence-corrected chi connectivity index (χ4v) is 2.00. The van der Waals surface area contributed by atoms with E-state index < -0.39 is 11.8 Å². The van der Waals surface area contributed by atoms with E-state index in [-0.39, 0.29) is 24.6 Å². The maximum absolute atomic E-state index is 12.0. The standard InChI is InChI=1S/C14H16N2O4/c1-8-9(2)12(18)4-3-10(8)15-11-7-13(19)16(5-6-17)14(11)20/h3-4,7,15,17-18H,5-6H2,1-2H3. The van der Waals surface area contributed by atoms with E-state index in [1.54, 1.807) is 13.0 Å². The third kappa shape index (κ3) is 2.37. The number of hydrogen-bond donors (Lipinski definition) is 3. The molecule has 3 N–H and O–H groups in total. The number of rotatable bonds is 4. The predicted molar refractivity (Wildman–Crippen MR) is 73.1 cm³/mol. The molecule has 2 amide bonds. The van der Waals surface area contributed by atoms with Gasteiger partial charge < -0.3 is 15.5 Å². The number of phenols is 1. The van der Waals surface area contributed by atoms with Crippen LogP contribution in [0, 0.1) is 13.8 Å². The molecule has 1 aromatic carbocycles. The fourth-order valence-electron chi connectivity index (χ4n) is 2.00. The van der Waals surface area contributed by atoms with Crippen molar-refractivity contribution in [3.8, 4) is 5.75 Å². The number of β-amino-alcohol motifs (C(OH)–C–C–N with tert-alkyl or cyclic N) is 1. The lowest BCUT2D eigenvalue weighted by molar-refractivity contribution is -0.137. The lowest BCUT2D eigenvalue weighted by Crippen LogP contribution is -2.34. The van der Waals surface area contributed by atoms with Crippen LogP contribution in [-0.4, -0.2) is 40.1 Å². The topological polar surface area (TPSA) is 89.9 Å². The number of carbonyl (C=O) groups is 2. The van der Waals surface area contributed by atoms with E-state index >= 15 is 0 Å². The first-order valence-electron chi connectivity index (χ1n) is 6.20. The molecule has 1 aliphatic rings. The molecule has 0 saturated carbocycles. The average molecular weight is 276 g/mol. The van der Waals surface area contributed by atoms with Gasteiger partial charge in [0.25, 0.3) is 11.8 Å². The minimum absolute atomic E-state index is 0.0209. The van der Waals surface area contributed by atoms with Gasteiger partial charge in [0.1, 0.15) is 11.4 Å². The SMILES string of the molecule is Cc1c(O)ccc(NC2=CC(=O)N(CCO)C2=O)c1C. The molecule has 1 aromatic rings. The molecule has 1 aliphatic heterocycles. The second-order valence-corrected chi connectivity index (χ2v) is 4.58. The predicted octanol–water partition coefficient (Wildman–Crippen LogP) is 0.666. The first-order valence-corrected chi connectivity index (χ1v) is 6.20. The number of carbonyl (C=O) groups excluding carboxylic acids is 2. The molecule has 0 atom stereocenters. The quantitative estimate of drug-likeness (QED) is 0.555.